The lowest BCUT2D eigenvalue weighted by Crippen LogP contribution is -2.21. The van der Waals surface area contributed by atoms with Crippen molar-refractivity contribution in [3.8, 4) is 0 Å². The van der Waals surface area contributed by atoms with Crippen LogP contribution in [0.25, 0.3) is 0 Å². The Morgan fingerprint density at radius 3 is 1.60 bits per heavy atom. The van der Waals surface area contributed by atoms with Crippen LogP contribution in [0.2, 0.25) is 0 Å². The molecular weight excluding hydrogens is 304 g/mol. The third kappa shape index (κ3) is 9.25. The van der Waals surface area contributed by atoms with Gasteiger partial charge in [-0.15, -0.1) is 0 Å². The summed E-state index contributed by atoms with van der Waals surface area (Å²) in [5.41, 5.74) is 1.20. The molecule has 2 atom stereocenters. The van der Waals surface area contributed by atoms with E-state index in [1.165, 1.54) is 51.4 Å². The number of Topliss-reactive ketones (excluding diaryl/α,β-unsaturated/α-hetero) is 1. The van der Waals surface area contributed by atoms with Gasteiger partial charge in [-0.2, -0.15) is 0 Å². The number of rotatable bonds is 4. The normalized spacial score (nSPS) is 23.0. The van der Waals surface area contributed by atoms with Crippen LogP contribution >= 0.6 is 0 Å². The molecule has 154 valence electrons. The Kier molecular flexibility index (Phi) is 20.1. The molecule has 0 N–H and O–H groups in total. The number of carbonyl (C=O) groups excluding carboxylic acids is 1. The molecule has 2 unspecified atom stereocenters. The smallest absolute Gasteiger partial charge is 0.132 e. The highest BCUT2D eigenvalue weighted by Gasteiger charge is 2.64. The molecule has 0 heterocycles. The largest absolute Gasteiger partial charge is 0.300 e. The maximum Gasteiger partial charge on any atom is 0.132 e. The molecule has 1 nitrogen and oxygen atoms in total. The van der Waals surface area contributed by atoms with Gasteiger partial charge in [0.25, 0.3) is 0 Å². The van der Waals surface area contributed by atoms with Crippen molar-refractivity contribution in [2.45, 2.75) is 134 Å². The van der Waals surface area contributed by atoms with Gasteiger partial charge in [0.1, 0.15) is 5.78 Å². The van der Waals surface area contributed by atoms with Crippen LogP contribution in [-0.4, -0.2) is 5.78 Å². The highest BCUT2D eigenvalue weighted by molar-refractivity contribution is 5.78. The summed E-state index contributed by atoms with van der Waals surface area (Å²) in [4.78, 5) is 11.4. The molecule has 0 bridgehead atoms. The van der Waals surface area contributed by atoms with Gasteiger partial charge in [0.2, 0.25) is 0 Å². The minimum absolute atomic E-state index is 0.279. The molecule has 1 spiro atoms. The highest BCUT2D eigenvalue weighted by atomic mass is 16.1. The zero-order valence-electron chi connectivity index (χ0n) is 19.8. The Balaban J connectivity index is -0.000000464. The lowest BCUT2D eigenvalue weighted by atomic mass is 9.75. The summed E-state index contributed by atoms with van der Waals surface area (Å²) < 4.78 is 0. The van der Waals surface area contributed by atoms with Gasteiger partial charge in [-0.05, 0) is 49.9 Å². The first kappa shape index (κ1) is 29.4. The lowest BCUT2D eigenvalue weighted by Gasteiger charge is -2.30. The predicted molar refractivity (Wildman–Crippen MR) is 117 cm³/mol. The van der Waals surface area contributed by atoms with Crippen LogP contribution in [0.15, 0.2) is 0 Å². The summed E-state index contributed by atoms with van der Waals surface area (Å²) in [6.45, 7) is 22.5. The molecule has 0 amide bonds. The monoisotopic (exact) mass is 356 g/mol. The Labute approximate surface area is 161 Å². The van der Waals surface area contributed by atoms with E-state index in [1.807, 2.05) is 41.5 Å². The van der Waals surface area contributed by atoms with Crippen LogP contribution < -0.4 is 0 Å². The third-order valence-corrected chi connectivity index (χ3v) is 5.56. The maximum atomic E-state index is 11.4. The van der Waals surface area contributed by atoms with E-state index in [9.17, 15) is 4.79 Å². The molecule has 2 aliphatic carbocycles. The second-order valence-electron chi connectivity index (χ2n) is 7.07. The van der Waals surface area contributed by atoms with E-state index in [-0.39, 0.29) is 5.92 Å². The van der Waals surface area contributed by atoms with Crippen molar-refractivity contribution in [3.05, 3.63) is 0 Å². The highest BCUT2D eigenvalue weighted by Crippen LogP contribution is 2.74. The molecular formula is C24H52O. The van der Waals surface area contributed by atoms with Gasteiger partial charge in [-0.1, -0.05) is 94.9 Å². The van der Waals surface area contributed by atoms with Gasteiger partial charge in [0, 0.05) is 5.92 Å². The molecule has 2 aliphatic rings. The minimum Gasteiger partial charge on any atom is -0.300 e. The number of carbonyl (C=O) groups is 1. The number of hydrogen-bond acceptors (Lipinski definition) is 1. The quantitative estimate of drug-likeness (QED) is 0.491. The molecule has 0 aromatic heterocycles. The predicted octanol–water partition coefficient (Wildman–Crippen LogP) is 8.85. The standard InChI is InChI=1S/C15H26O.C3H8.3C2H6/c1-4-14(10-12(2)13(3)16)11-15(14)8-6-5-7-9-15;1-3-2;3*1-2/h12H,4-11H2,1-3H3;3H2,1-2H3;3*1-2H3. The Morgan fingerprint density at radius 2 is 1.28 bits per heavy atom. The van der Waals surface area contributed by atoms with Crippen molar-refractivity contribution in [1.29, 1.82) is 0 Å². The van der Waals surface area contributed by atoms with Crippen LogP contribution in [0, 0.1) is 16.7 Å². The van der Waals surface area contributed by atoms with Crippen molar-refractivity contribution < 1.29 is 4.79 Å². The van der Waals surface area contributed by atoms with Crippen molar-refractivity contribution in [2.75, 3.05) is 0 Å². The average molecular weight is 357 g/mol. The van der Waals surface area contributed by atoms with E-state index in [1.54, 1.807) is 6.92 Å². The molecule has 2 fully saturated rings. The summed E-state index contributed by atoms with van der Waals surface area (Å²) in [5, 5.41) is 0. The van der Waals surface area contributed by atoms with Crippen molar-refractivity contribution in [2.24, 2.45) is 16.7 Å². The zero-order chi connectivity index (χ0) is 20.5. The molecule has 0 aromatic rings. The second kappa shape index (κ2) is 17.1. The van der Waals surface area contributed by atoms with E-state index in [2.05, 4.69) is 27.7 Å². The van der Waals surface area contributed by atoms with Gasteiger partial charge >= 0.3 is 0 Å². The molecule has 0 aromatic carbocycles. The van der Waals surface area contributed by atoms with E-state index in [0.717, 1.165) is 6.42 Å². The first-order valence-electron chi connectivity index (χ1n) is 11.5. The van der Waals surface area contributed by atoms with E-state index in [4.69, 9.17) is 0 Å². The second-order valence-corrected chi connectivity index (χ2v) is 7.07. The van der Waals surface area contributed by atoms with E-state index < -0.39 is 0 Å². The first-order valence-corrected chi connectivity index (χ1v) is 11.5. The molecule has 2 rings (SSSR count). The molecule has 25 heavy (non-hydrogen) atoms. The Bertz CT molecular complexity index is 288. The van der Waals surface area contributed by atoms with Crippen LogP contribution in [0.4, 0.5) is 0 Å². The molecule has 0 aliphatic heterocycles. The minimum atomic E-state index is 0.279. The first-order chi connectivity index (χ1) is 12.0. The molecule has 0 saturated heterocycles. The molecule has 0 radical (unpaired) electrons. The number of hydrogen-bond donors (Lipinski definition) is 0. The summed E-state index contributed by atoms with van der Waals surface area (Å²) >= 11 is 0. The Hall–Kier alpha value is -0.330. The van der Waals surface area contributed by atoms with Crippen molar-refractivity contribution in [3.63, 3.8) is 0 Å². The SMILES string of the molecule is CC.CC.CC.CCC.CCC1(CC(C)C(C)=O)CC12CCCCC2. The summed E-state index contributed by atoms with van der Waals surface area (Å²) in [6, 6.07) is 0. The molecule has 2 saturated carbocycles. The van der Waals surface area contributed by atoms with Gasteiger partial charge in [-0.25, -0.2) is 0 Å². The van der Waals surface area contributed by atoms with Crippen LogP contribution in [0.1, 0.15) is 134 Å². The molecule has 1 heteroatoms. The third-order valence-electron chi connectivity index (χ3n) is 5.56. The average Bonchev–Trinajstić information content (AvgIpc) is 3.26. The van der Waals surface area contributed by atoms with Crippen molar-refractivity contribution >= 4 is 5.78 Å². The van der Waals surface area contributed by atoms with Crippen LogP contribution in [-0.2, 0) is 4.79 Å². The fourth-order valence-corrected chi connectivity index (χ4v) is 4.20. The van der Waals surface area contributed by atoms with Crippen molar-refractivity contribution in [1.82, 2.24) is 0 Å². The van der Waals surface area contributed by atoms with Gasteiger partial charge < -0.3 is 0 Å². The van der Waals surface area contributed by atoms with Gasteiger partial charge in [0.15, 0.2) is 0 Å². The summed E-state index contributed by atoms with van der Waals surface area (Å²) in [6.07, 6.45) is 12.3. The maximum absolute atomic E-state index is 11.4. The Morgan fingerprint density at radius 1 is 0.880 bits per heavy atom. The van der Waals surface area contributed by atoms with Crippen LogP contribution in [0.5, 0.6) is 0 Å². The number of ketones is 1. The summed E-state index contributed by atoms with van der Waals surface area (Å²) in [5.74, 6) is 0.659. The topological polar surface area (TPSA) is 17.1 Å². The van der Waals surface area contributed by atoms with Gasteiger partial charge in [0.05, 0.1) is 0 Å². The van der Waals surface area contributed by atoms with Crippen LogP contribution in [0.3, 0.4) is 0 Å². The van der Waals surface area contributed by atoms with E-state index >= 15 is 0 Å². The fraction of sp³-hybridized carbons (Fsp3) is 0.958. The lowest BCUT2D eigenvalue weighted by molar-refractivity contribution is -0.121. The van der Waals surface area contributed by atoms with E-state index in [0.29, 0.717) is 16.6 Å². The van der Waals surface area contributed by atoms with Gasteiger partial charge in [-0.3, -0.25) is 4.79 Å². The zero-order valence-corrected chi connectivity index (χ0v) is 19.8. The fourth-order valence-electron chi connectivity index (χ4n) is 4.20. The summed E-state index contributed by atoms with van der Waals surface area (Å²) in [7, 11) is 0.